The Kier molecular flexibility index (Phi) is 4.09. The minimum Gasteiger partial charge on any atom is -0.381 e. The average molecular weight is 314 g/mol. The molecule has 1 nitrogen and oxygen atoms in total. The summed E-state index contributed by atoms with van der Waals surface area (Å²) in [6.45, 7) is 6.84. The molecule has 0 amide bonds. The van der Waals surface area contributed by atoms with E-state index >= 15 is 0 Å². The summed E-state index contributed by atoms with van der Waals surface area (Å²) in [7, 11) is 0. The lowest BCUT2D eigenvalue weighted by molar-refractivity contribution is 0.358. The molecule has 0 radical (unpaired) electrons. The Morgan fingerprint density at radius 3 is 2.82 bits per heavy atom. The van der Waals surface area contributed by atoms with Crippen LogP contribution in [-0.4, -0.2) is 17.5 Å². The first-order chi connectivity index (χ1) is 7.96. The van der Waals surface area contributed by atoms with Crippen molar-refractivity contribution in [3.63, 3.8) is 0 Å². The molecule has 0 aliphatic carbocycles. The predicted molar refractivity (Wildman–Crippen MR) is 82.0 cm³/mol. The van der Waals surface area contributed by atoms with E-state index in [1.807, 2.05) is 0 Å². The van der Waals surface area contributed by atoms with Gasteiger partial charge in [-0.15, -0.1) is 0 Å². The molecule has 17 heavy (non-hydrogen) atoms. The lowest BCUT2D eigenvalue weighted by atomic mass is 9.88. The molecule has 0 spiro atoms. The summed E-state index contributed by atoms with van der Waals surface area (Å²) in [5.74, 6) is 2.50. The maximum Gasteiger partial charge on any atom is 0.0357 e. The third-order valence-corrected chi connectivity index (χ3v) is 5.63. The van der Waals surface area contributed by atoms with Gasteiger partial charge < -0.3 is 5.32 Å². The topological polar surface area (TPSA) is 12.0 Å². The highest BCUT2D eigenvalue weighted by Gasteiger charge is 2.28. The van der Waals surface area contributed by atoms with Crippen molar-refractivity contribution in [2.45, 2.75) is 33.2 Å². The number of nitrogens with one attached hydrogen (secondary N) is 1. The Bertz CT molecular complexity index is 403. The molecular formula is C14H20BrNS. The largest absolute Gasteiger partial charge is 0.381 e. The van der Waals surface area contributed by atoms with Crippen LogP contribution in [-0.2, 0) is 0 Å². The van der Waals surface area contributed by atoms with Crippen LogP contribution in [0.3, 0.4) is 0 Å². The summed E-state index contributed by atoms with van der Waals surface area (Å²) in [4.78, 5) is 0. The number of halogens is 1. The smallest absolute Gasteiger partial charge is 0.0357 e. The molecule has 1 fully saturated rings. The molecule has 1 aromatic carbocycles. The fraction of sp³-hybridized carbons (Fsp3) is 0.571. The Morgan fingerprint density at radius 1 is 1.41 bits per heavy atom. The molecule has 94 valence electrons. The summed E-state index contributed by atoms with van der Waals surface area (Å²) in [6, 6.07) is 7.11. The van der Waals surface area contributed by atoms with Crippen LogP contribution in [0.2, 0.25) is 0 Å². The zero-order valence-corrected chi connectivity index (χ0v) is 13.1. The van der Waals surface area contributed by atoms with Gasteiger partial charge in [0.05, 0.1) is 0 Å². The maximum absolute atomic E-state index is 3.65. The van der Waals surface area contributed by atoms with Gasteiger partial charge in [0, 0.05) is 22.0 Å². The highest BCUT2D eigenvalue weighted by atomic mass is 79.9. The van der Waals surface area contributed by atoms with Crippen molar-refractivity contribution in [1.82, 2.24) is 0 Å². The van der Waals surface area contributed by atoms with Crippen LogP contribution < -0.4 is 5.32 Å². The van der Waals surface area contributed by atoms with E-state index in [1.54, 1.807) is 0 Å². The average Bonchev–Trinajstić information content (AvgIpc) is 2.22. The standard InChI is InChI=1S/C14H20BrNS/c1-10-4-5-11(6-13(10)15)16-12-7-14(2,3)9-17-8-12/h4-6,12,16H,7-9H2,1-3H3. The number of hydrogen-bond acceptors (Lipinski definition) is 2. The summed E-state index contributed by atoms with van der Waals surface area (Å²) < 4.78 is 1.19. The fourth-order valence-electron chi connectivity index (χ4n) is 2.27. The van der Waals surface area contributed by atoms with E-state index < -0.39 is 0 Å². The van der Waals surface area contributed by atoms with Crippen LogP contribution in [0.5, 0.6) is 0 Å². The first-order valence-electron chi connectivity index (χ1n) is 6.07. The van der Waals surface area contributed by atoms with Crippen molar-refractivity contribution in [2.75, 3.05) is 16.8 Å². The van der Waals surface area contributed by atoms with Gasteiger partial charge in [-0.2, -0.15) is 11.8 Å². The van der Waals surface area contributed by atoms with Gasteiger partial charge in [0.1, 0.15) is 0 Å². The first-order valence-corrected chi connectivity index (χ1v) is 8.01. The van der Waals surface area contributed by atoms with E-state index in [-0.39, 0.29) is 0 Å². The van der Waals surface area contributed by atoms with Crippen LogP contribution in [0.25, 0.3) is 0 Å². The molecule has 1 unspecified atom stereocenters. The molecule has 1 saturated heterocycles. The van der Waals surface area contributed by atoms with Gasteiger partial charge >= 0.3 is 0 Å². The minimum absolute atomic E-state index is 0.461. The highest BCUT2D eigenvalue weighted by Crippen LogP contribution is 2.35. The Balaban J connectivity index is 2.03. The Hall–Kier alpha value is -0.150. The number of rotatable bonds is 2. The molecular weight excluding hydrogens is 294 g/mol. The Labute approximate surface area is 117 Å². The van der Waals surface area contributed by atoms with E-state index in [0.29, 0.717) is 11.5 Å². The zero-order valence-electron chi connectivity index (χ0n) is 10.7. The Morgan fingerprint density at radius 2 is 2.18 bits per heavy atom. The van der Waals surface area contributed by atoms with Crippen molar-refractivity contribution in [3.8, 4) is 0 Å². The van der Waals surface area contributed by atoms with Crippen molar-refractivity contribution in [1.29, 1.82) is 0 Å². The van der Waals surface area contributed by atoms with Gasteiger partial charge in [0.25, 0.3) is 0 Å². The summed E-state index contributed by atoms with van der Waals surface area (Å²) in [5, 5.41) is 3.65. The number of benzene rings is 1. The van der Waals surface area contributed by atoms with Crippen molar-refractivity contribution < 1.29 is 0 Å². The number of thioether (sulfide) groups is 1. The van der Waals surface area contributed by atoms with E-state index in [4.69, 9.17) is 0 Å². The molecule has 1 N–H and O–H groups in total. The predicted octanol–water partition coefficient (Wildman–Crippen LogP) is 4.70. The lowest BCUT2D eigenvalue weighted by Gasteiger charge is -2.35. The fourth-order valence-corrected chi connectivity index (χ4v) is 3.93. The van der Waals surface area contributed by atoms with Crippen molar-refractivity contribution in [2.24, 2.45) is 5.41 Å². The normalized spacial score (nSPS) is 23.4. The van der Waals surface area contributed by atoms with Crippen molar-refractivity contribution in [3.05, 3.63) is 28.2 Å². The van der Waals surface area contributed by atoms with Crippen LogP contribution in [0, 0.1) is 12.3 Å². The van der Waals surface area contributed by atoms with Crippen LogP contribution in [0.15, 0.2) is 22.7 Å². The monoisotopic (exact) mass is 313 g/mol. The van der Waals surface area contributed by atoms with Gasteiger partial charge in [0.2, 0.25) is 0 Å². The van der Waals surface area contributed by atoms with E-state index in [9.17, 15) is 0 Å². The van der Waals surface area contributed by atoms with Crippen LogP contribution in [0.4, 0.5) is 5.69 Å². The van der Waals surface area contributed by atoms with Crippen LogP contribution >= 0.6 is 27.7 Å². The second-order valence-corrected chi connectivity index (χ2v) is 7.57. The van der Waals surface area contributed by atoms with E-state index in [2.05, 4.69) is 72.0 Å². The van der Waals surface area contributed by atoms with Gasteiger partial charge in [-0.25, -0.2) is 0 Å². The molecule has 0 bridgehead atoms. The van der Waals surface area contributed by atoms with E-state index in [0.717, 1.165) is 0 Å². The molecule has 1 aromatic rings. The molecule has 0 saturated carbocycles. The highest BCUT2D eigenvalue weighted by molar-refractivity contribution is 9.10. The van der Waals surface area contributed by atoms with Gasteiger partial charge in [-0.05, 0) is 42.2 Å². The van der Waals surface area contributed by atoms with Crippen LogP contribution in [0.1, 0.15) is 25.8 Å². The van der Waals surface area contributed by atoms with E-state index in [1.165, 1.54) is 33.7 Å². The molecule has 3 heteroatoms. The maximum atomic E-state index is 3.65. The second-order valence-electron chi connectivity index (χ2n) is 5.69. The van der Waals surface area contributed by atoms with Crippen molar-refractivity contribution >= 4 is 33.4 Å². The van der Waals surface area contributed by atoms with Gasteiger partial charge in [0.15, 0.2) is 0 Å². The second kappa shape index (κ2) is 5.23. The SMILES string of the molecule is Cc1ccc(NC2CSCC(C)(C)C2)cc1Br. The lowest BCUT2D eigenvalue weighted by Crippen LogP contribution is -2.35. The quantitative estimate of drug-likeness (QED) is 0.849. The zero-order chi connectivity index (χ0) is 12.5. The first kappa shape index (κ1) is 13.3. The third kappa shape index (κ3) is 3.65. The van der Waals surface area contributed by atoms with Gasteiger partial charge in [-0.3, -0.25) is 0 Å². The summed E-state index contributed by atoms with van der Waals surface area (Å²) in [6.07, 6.45) is 1.26. The third-order valence-electron chi connectivity index (χ3n) is 3.15. The van der Waals surface area contributed by atoms with Gasteiger partial charge in [-0.1, -0.05) is 35.8 Å². The molecule has 1 aliphatic heterocycles. The summed E-state index contributed by atoms with van der Waals surface area (Å²) in [5.41, 5.74) is 2.97. The summed E-state index contributed by atoms with van der Waals surface area (Å²) >= 11 is 5.65. The molecule has 1 atom stereocenters. The molecule has 0 aromatic heterocycles. The minimum atomic E-state index is 0.461. The number of aryl methyl sites for hydroxylation is 1. The number of anilines is 1. The molecule has 2 rings (SSSR count). The molecule has 1 heterocycles. The number of hydrogen-bond donors (Lipinski definition) is 1. The molecule has 1 aliphatic rings.